The molecule has 2 aliphatic rings. The number of nitrogens with one attached hydrogen (secondary N) is 2. The van der Waals surface area contributed by atoms with Gasteiger partial charge in [0, 0.05) is 23.9 Å². The Morgan fingerprint density at radius 1 is 1.22 bits per heavy atom. The minimum absolute atomic E-state index is 0.107. The predicted molar refractivity (Wildman–Crippen MR) is 118 cm³/mol. The third-order valence-corrected chi connectivity index (χ3v) is 10.7. The highest BCUT2D eigenvalue weighted by Crippen LogP contribution is 2.49. The summed E-state index contributed by atoms with van der Waals surface area (Å²) in [5.74, 6) is -3.42. The molecule has 1 aromatic carbocycles. The molecule has 32 heavy (non-hydrogen) atoms. The second kappa shape index (κ2) is 7.38. The monoisotopic (exact) mass is 467 g/mol. The van der Waals surface area contributed by atoms with E-state index >= 15 is 4.39 Å². The Morgan fingerprint density at radius 2 is 1.94 bits per heavy atom. The number of carbonyl (C=O) groups excluding carboxylic acids is 1. The number of aromatic nitrogens is 1. The lowest BCUT2D eigenvalue weighted by atomic mass is 9.86. The zero-order valence-corrected chi connectivity index (χ0v) is 18.6. The summed E-state index contributed by atoms with van der Waals surface area (Å²) < 4.78 is 58.2. The maximum atomic E-state index is 15.0. The van der Waals surface area contributed by atoms with Crippen molar-refractivity contribution in [3.63, 3.8) is 0 Å². The van der Waals surface area contributed by atoms with E-state index in [4.69, 9.17) is 5.73 Å². The summed E-state index contributed by atoms with van der Waals surface area (Å²) in [7, 11) is -3.10. The molecule has 0 aliphatic carbocycles. The number of anilines is 1. The highest BCUT2D eigenvalue weighted by atomic mass is 32.3. The van der Waals surface area contributed by atoms with Crippen molar-refractivity contribution in [1.82, 2.24) is 9.71 Å². The van der Waals surface area contributed by atoms with Gasteiger partial charge in [-0.1, -0.05) is 0 Å². The minimum atomic E-state index is -3.10. The fourth-order valence-electron chi connectivity index (χ4n) is 4.52. The number of halogens is 3. The summed E-state index contributed by atoms with van der Waals surface area (Å²) in [6.07, 6.45) is 1.23. The maximum Gasteiger partial charge on any atom is 0.277 e. The van der Waals surface area contributed by atoms with Crippen molar-refractivity contribution in [2.45, 2.75) is 42.7 Å². The van der Waals surface area contributed by atoms with Gasteiger partial charge in [-0.05, 0) is 55.5 Å². The van der Waals surface area contributed by atoms with Crippen molar-refractivity contribution < 1.29 is 22.2 Å². The molecule has 0 bridgehead atoms. The first-order valence-corrected chi connectivity index (χ1v) is 11.8. The van der Waals surface area contributed by atoms with Crippen LogP contribution in [-0.2, 0) is 15.7 Å². The fraction of sp³-hybridized carbons (Fsp3) is 0.381. The number of thiol groups is 1. The maximum absolute atomic E-state index is 15.0. The molecule has 172 valence electrons. The summed E-state index contributed by atoms with van der Waals surface area (Å²) in [6.45, 7) is 5.67. The Morgan fingerprint density at radius 3 is 2.62 bits per heavy atom. The van der Waals surface area contributed by atoms with Gasteiger partial charge in [0.2, 0.25) is 0 Å². The van der Waals surface area contributed by atoms with Crippen LogP contribution < -0.4 is 15.8 Å². The van der Waals surface area contributed by atoms with Crippen LogP contribution in [0.2, 0.25) is 0 Å². The molecule has 2 atom stereocenters. The van der Waals surface area contributed by atoms with E-state index in [0.29, 0.717) is 19.0 Å². The number of hydrogen-bond donors (Lipinski definition) is 4. The van der Waals surface area contributed by atoms with Crippen molar-refractivity contribution in [1.29, 1.82) is 0 Å². The van der Waals surface area contributed by atoms with Crippen molar-refractivity contribution in [2.24, 2.45) is 10.7 Å². The smallest absolute Gasteiger partial charge is 0.277 e. The lowest BCUT2D eigenvalue weighted by Gasteiger charge is -2.50. The van der Waals surface area contributed by atoms with Crippen molar-refractivity contribution in [2.75, 3.05) is 11.9 Å². The van der Waals surface area contributed by atoms with Gasteiger partial charge in [0.15, 0.2) is 11.5 Å². The van der Waals surface area contributed by atoms with E-state index in [9.17, 15) is 17.8 Å². The zero-order chi connectivity index (χ0) is 23.5. The first kappa shape index (κ1) is 22.4. The number of benzene rings is 1. The molecule has 1 aromatic heterocycles. The second-order valence-electron chi connectivity index (χ2n) is 8.71. The van der Waals surface area contributed by atoms with Crippen LogP contribution in [0.3, 0.4) is 0 Å². The number of fused-ring (bicyclic) bond motifs is 1. The SMILES string of the molecule is CC1(C)C(N)=N[C@](C)(c2cc(NC(=O)c3ncc(F)cc3F)ccc2F)[C@@H]2CCN[SH]21=O. The summed E-state index contributed by atoms with van der Waals surface area (Å²) in [5, 5.41) is 1.94. The average molecular weight is 468 g/mol. The number of pyridine rings is 1. The van der Waals surface area contributed by atoms with Gasteiger partial charge in [0.1, 0.15) is 23.0 Å². The number of aliphatic imine (C=N–C) groups is 1. The molecule has 1 amide bonds. The van der Waals surface area contributed by atoms with Crippen molar-refractivity contribution >= 4 is 27.5 Å². The van der Waals surface area contributed by atoms with Gasteiger partial charge in [0.25, 0.3) is 5.91 Å². The zero-order valence-electron chi connectivity index (χ0n) is 17.7. The third-order valence-electron chi connectivity index (χ3n) is 6.45. The van der Waals surface area contributed by atoms with Crippen LogP contribution in [0, 0.1) is 17.5 Å². The molecule has 1 fully saturated rings. The highest BCUT2D eigenvalue weighted by Gasteiger charge is 2.58. The van der Waals surface area contributed by atoms with Gasteiger partial charge >= 0.3 is 0 Å². The van der Waals surface area contributed by atoms with E-state index in [-0.39, 0.29) is 17.1 Å². The average Bonchev–Trinajstić information content (AvgIpc) is 3.13. The number of hydrogen-bond acceptors (Lipinski definition) is 5. The number of carbonyl (C=O) groups is 1. The third kappa shape index (κ3) is 3.22. The lowest BCUT2D eigenvalue weighted by Crippen LogP contribution is -2.64. The van der Waals surface area contributed by atoms with E-state index in [0.717, 1.165) is 12.3 Å². The Kier molecular flexibility index (Phi) is 5.17. The van der Waals surface area contributed by atoms with E-state index in [1.807, 2.05) is 0 Å². The largest absolute Gasteiger partial charge is 0.386 e. The standard InChI is InChI=1S/C21H24F3N5O2S/c1-20(2)19(25)29-21(3,16-6-7-27-32(16,20)31)13-9-12(4-5-14(13)23)28-18(30)17-15(24)8-11(22)10-26-17/h4-5,8-10,16,32H,6-7H2,1-3H3,(H2,25,29)(H,27,31)(H,28,30)/t16-,21+/m0/s1. The summed E-state index contributed by atoms with van der Waals surface area (Å²) in [6, 6.07) is 4.36. The van der Waals surface area contributed by atoms with E-state index in [1.165, 1.54) is 12.1 Å². The van der Waals surface area contributed by atoms with Gasteiger partial charge in [-0.3, -0.25) is 18.7 Å². The van der Waals surface area contributed by atoms with Gasteiger partial charge in [0.05, 0.1) is 16.2 Å². The van der Waals surface area contributed by atoms with Crippen LogP contribution in [-0.4, -0.2) is 37.5 Å². The normalized spacial score (nSPS) is 26.7. The molecule has 4 rings (SSSR count). The van der Waals surface area contributed by atoms with Crippen LogP contribution in [0.4, 0.5) is 18.9 Å². The molecule has 0 radical (unpaired) electrons. The number of nitrogens with zero attached hydrogens (tertiary/aromatic N) is 2. The summed E-state index contributed by atoms with van der Waals surface area (Å²) in [4.78, 5) is 20.5. The summed E-state index contributed by atoms with van der Waals surface area (Å²) in [5.41, 5.74) is 4.61. The van der Waals surface area contributed by atoms with Crippen LogP contribution in [0.25, 0.3) is 0 Å². The lowest BCUT2D eigenvalue weighted by molar-refractivity contribution is 0.101. The van der Waals surface area contributed by atoms with E-state index in [1.54, 1.807) is 20.8 Å². The predicted octanol–water partition coefficient (Wildman–Crippen LogP) is 2.41. The molecule has 2 aromatic rings. The molecule has 2 aliphatic heterocycles. The molecule has 1 saturated heterocycles. The number of amides is 1. The van der Waals surface area contributed by atoms with Crippen LogP contribution in [0.5, 0.6) is 0 Å². The molecule has 3 heterocycles. The Bertz CT molecular complexity index is 1200. The topological polar surface area (TPSA) is 109 Å². The van der Waals surface area contributed by atoms with E-state index < -0.39 is 54.7 Å². The Labute approximate surface area is 184 Å². The number of rotatable bonds is 3. The van der Waals surface area contributed by atoms with Crippen molar-refractivity contribution in [3.05, 3.63) is 59.2 Å². The van der Waals surface area contributed by atoms with Crippen LogP contribution in [0.1, 0.15) is 43.2 Å². The van der Waals surface area contributed by atoms with Gasteiger partial charge in [-0.25, -0.2) is 18.2 Å². The van der Waals surface area contributed by atoms with E-state index in [2.05, 4.69) is 20.0 Å². The van der Waals surface area contributed by atoms with Gasteiger partial charge < -0.3 is 11.1 Å². The van der Waals surface area contributed by atoms with Gasteiger partial charge in [-0.15, -0.1) is 0 Å². The molecule has 4 N–H and O–H groups in total. The summed E-state index contributed by atoms with van der Waals surface area (Å²) >= 11 is 0. The molecule has 0 saturated carbocycles. The fourth-order valence-corrected chi connectivity index (χ4v) is 8.16. The quantitative estimate of drug-likeness (QED) is 0.520. The highest BCUT2D eigenvalue weighted by molar-refractivity contribution is 8.04. The molecule has 11 heteroatoms. The van der Waals surface area contributed by atoms with Gasteiger partial charge in [-0.2, -0.15) is 0 Å². The van der Waals surface area contributed by atoms with Crippen LogP contribution >= 0.6 is 0 Å². The molecular weight excluding hydrogens is 443 g/mol. The number of amidine groups is 1. The minimum Gasteiger partial charge on any atom is -0.386 e. The first-order chi connectivity index (χ1) is 14.9. The Hall–Kier alpha value is -2.79. The first-order valence-electron chi connectivity index (χ1n) is 10.0. The molecular formula is C21H24F3N5O2S. The molecule has 7 nitrogen and oxygen atoms in total. The van der Waals surface area contributed by atoms with Crippen LogP contribution in [0.15, 0.2) is 35.5 Å². The Balaban J connectivity index is 1.75. The second-order valence-corrected chi connectivity index (χ2v) is 12.1. The molecule has 0 unspecified atom stereocenters. The molecule has 0 spiro atoms. The van der Waals surface area contributed by atoms with Crippen molar-refractivity contribution in [3.8, 4) is 0 Å². The number of nitrogens with two attached hydrogens (primary N) is 1.